The molecule has 4 heterocycles. The molecule has 0 atom stereocenters. The summed E-state index contributed by atoms with van der Waals surface area (Å²) in [7, 11) is 0. The van der Waals surface area contributed by atoms with Gasteiger partial charge in [0.1, 0.15) is 6.26 Å². The second kappa shape index (κ2) is 16.8. The molecule has 0 aliphatic heterocycles. The molecular weight excluding hydrogens is 664 g/mol. The molecule has 6 aromatic rings. The van der Waals surface area contributed by atoms with Crippen LogP contribution in [0, 0.1) is 11.8 Å². The number of fused-ring (bicyclic) bond motifs is 2. The van der Waals surface area contributed by atoms with Crippen molar-refractivity contribution in [2.24, 2.45) is 22.6 Å². The van der Waals surface area contributed by atoms with E-state index in [4.69, 9.17) is 14.6 Å². The molecule has 12 nitrogen and oxygen atoms in total. The SMILES string of the molecule is CC(=O)c1ccc2[nH]c(O)c(C(=NCC(C)C)c3ccoc3)c2c1.CC(=O)c1ccc2c(c1)c(C(=O)c1ccoc1)c(O)n2C(C)=O.CC(C)CN. The first-order valence-corrected chi connectivity index (χ1v) is 16.7. The van der Waals surface area contributed by atoms with Gasteiger partial charge in [0.15, 0.2) is 17.4 Å². The highest BCUT2D eigenvalue weighted by atomic mass is 16.3. The number of H-pyrrole nitrogens is 1. The van der Waals surface area contributed by atoms with Gasteiger partial charge in [0, 0.05) is 46.4 Å². The van der Waals surface area contributed by atoms with Crippen molar-refractivity contribution >= 4 is 50.8 Å². The van der Waals surface area contributed by atoms with Crippen LogP contribution < -0.4 is 5.73 Å². The Morgan fingerprint density at radius 2 is 1.33 bits per heavy atom. The molecule has 5 N–H and O–H groups in total. The van der Waals surface area contributed by atoms with Crippen molar-refractivity contribution in [1.82, 2.24) is 9.55 Å². The first-order chi connectivity index (χ1) is 24.7. The zero-order valence-electron chi connectivity index (χ0n) is 30.3. The molecule has 0 saturated heterocycles. The van der Waals surface area contributed by atoms with Crippen LogP contribution in [0.2, 0.25) is 0 Å². The Morgan fingerprint density at radius 1 is 0.769 bits per heavy atom. The number of nitrogens with zero attached hydrogens (tertiary/aromatic N) is 2. The van der Waals surface area contributed by atoms with Gasteiger partial charge in [-0.15, -0.1) is 0 Å². The van der Waals surface area contributed by atoms with Crippen LogP contribution in [-0.4, -0.2) is 61.8 Å². The van der Waals surface area contributed by atoms with Gasteiger partial charge in [-0.2, -0.15) is 0 Å². The smallest absolute Gasteiger partial charge is 0.230 e. The van der Waals surface area contributed by atoms with E-state index in [0.29, 0.717) is 51.7 Å². The van der Waals surface area contributed by atoms with E-state index in [0.717, 1.165) is 27.6 Å². The van der Waals surface area contributed by atoms with Gasteiger partial charge in [-0.3, -0.25) is 28.7 Å². The summed E-state index contributed by atoms with van der Waals surface area (Å²) in [5, 5.41) is 21.9. The number of nitrogens with two attached hydrogens (primary N) is 1. The average Bonchev–Trinajstić information content (AvgIpc) is 3.91. The van der Waals surface area contributed by atoms with Gasteiger partial charge in [-0.1, -0.05) is 27.7 Å². The molecule has 12 heteroatoms. The van der Waals surface area contributed by atoms with Crippen LogP contribution in [0.4, 0.5) is 0 Å². The van der Waals surface area contributed by atoms with E-state index >= 15 is 0 Å². The number of carbonyl (C=O) groups is 4. The quantitative estimate of drug-likeness (QED) is 0.0856. The molecule has 0 aliphatic carbocycles. The van der Waals surface area contributed by atoms with Crippen LogP contribution in [0.5, 0.6) is 11.8 Å². The second-order valence-electron chi connectivity index (χ2n) is 13.1. The third-order valence-corrected chi connectivity index (χ3v) is 7.98. The summed E-state index contributed by atoms with van der Waals surface area (Å²) in [6, 6.07) is 13.2. The number of ketones is 3. The van der Waals surface area contributed by atoms with Crippen molar-refractivity contribution in [1.29, 1.82) is 0 Å². The predicted octanol–water partition coefficient (Wildman–Crippen LogP) is 7.80. The average molecular weight is 709 g/mol. The van der Waals surface area contributed by atoms with E-state index in [1.54, 1.807) is 42.9 Å². The Balaban J connectivity index is 0.000000206. The van der Waals surface area contributed by atoms with E-state index in [2.05, 4.69) is 37.7 Å². The fraction of sp³-hybridized carbons (Fsp3) is 0.275. The van der Waals surface area contributed by atoms with Gasteiger partial charge in [-0.25, -0.2) is 0 Å². The van der Waals surface area contributed by atoms with Crippen molar-refractivity contribution in [3.63, 3.8) is 0 Å². The fourth-order valence-electron chi connectivity index (χ4n) is 5.20. The molecule has 272 valence electrons. The summed E-state index contributed by atoms with van der Waals surface area (Å²) < 4.78 is 11.1. The standard InChI is InChI=1S/C19H20N2O3.C17H13NO5.C4H11N/c1-11(2)9-20-18(14-6-7-24-10-14)17-15-8-13(12(3)22)4-5-16(15)21-19(17)23;1-9(19)11-3-4-14-13(7-11)15(17(22)18(14)10(2)20)16(21)12-5-6-23-8-12;1-4(2)3-5/h4-8,10-11,21,23H,9H2,1-3H3;3-8,22H,1-2H3;4H,3,5H2,1-2H3. The molecule has 52 heavy (non-hydrogen) atoms. The highest BCUT2D eigenvalue weighted by Gasteiger charge is 2.26. The maximum absolute atomic E-state index is 12.6. The summed E-state index contributed by atoms with van der Waals surface area (Å²) in [6.45, 7) is 14.0. The Kier molecular flexibility index (Phi) is 12.5. The molecule has 0 fully saturated rings. The number of furan rings is 2. The molecule has 0 spiro atoms. The Morgan fingerprint density at radius 3 is 1.83 bits per heavy atom. The largest absolute Gasteiger partial charge is 0.494 e. The summed E-state index contributed by atoms with van der Waals surface area (Å²) in [5.74, 6) is -0.483. The molecule has 0 radical (unpaired) electrons. The molecule has 0 aliphatic rings. The van der Waals surface area contributed by atoms with Crippen molar-refractivity contribution in [2.45, 2.75) is 48.5 Å². The van der Waals surface area contributed by atoms with Crippen molar-refractivity contribution < 1.29 is 38.2 Å². The molecule has 0 unspecified atom stereocenters. The first-order valence-electron chi connectivity index (χ1n) is 16.7. The molecule has 6 rings (SSSR count). The lowest BCUT2D eigenvalue weighted by molar-refractivity contribution is 0.0931. The topological polar surface area (TPSA) is 194 Å². The zero-order chi connectivity index (χ0) is 38.3. The molecular formula is C40H44N4O8. The Hall–Kier alpha value is -6.01. The monoisotopic (exact) mass is 708 g/mol. The number of nitrogens with one attached hydrogen (secondary N) is 1. The van der Waals surface area contributed by atoms with E-state index in [9.17, 15) is 29.4 Å². The number of aromatic amines is 1. The Labute approximate surface area is 301 Å². The minimum absolute atomic E-state index is 0.0208. The van der Waals surface area contributed by atoms with E-state index in [-0.39, 0.29) is 28.6 Å². The van der Waals surface area contributed by atoms with E-state index in [1.807, 2.05) is 6.07 Å². The lowest BCUT2D eigenvalue weighted by atomic mass is 10.0. The first kappa shape index (κ1) is 38.8. The van der Waals surface area contributed by atoms with Gasteiger partial charge in [0.05, 0.1) is 46.7 Å². The summed E-state index contributed by atoms with van der Waals surface area (Å²) in [4.78, 5) is 55.4. The summed E-state index contributed by atoms with van der Waals surface area (Å²) in [6.07, 6.45) is 5.78. The van der Waals surface area contributed by atoms with Gasteiger partial charge >= 0.3 is 0 Å². The number of hydrogen-bond acceptors (Lipinski definition) is 10. The third-order valence-electron chi connectivity index (χ3n) is 7.98. The van der Waals surface area contributed by atoms with Gasteiger partial charge in [0.25, 0.3) is 0 Å². The number of rotatable bonds is 9. The lowest BCUT2D eigenvalue weighted by Crippen LogP contribution is -2.05. The molecule has 2 aromatic carbocycles. The number of Topliss-reactive ketones (excluding diaryl/α,β-unsaturated/α-hetero) is 2. The lowest BCUT2D eigenvalue weighted by Gasteiger charge is -2.07. The second-order valence-corrected chi connectivity index (χ2v) is 13.1. The van der Waals surface area contributed by atoms with Crippen LogP contribution in [-0.2, 0) is 0 Å². The van der Waals surface area contributed by atoms with Crippen LogP contribution in [0.3, 0.4) is 0 Å². The number of carbonyl (C=O) groups excluding carboxylic acids is 4. The van der Waals surface area contributed by atoms with Gasteiger partial charge in [-0.05, 0) is 80.8 Å². The normalized spacial score (nSPS) is 11.4. The maximum Gasteiger partial charge on any atom is 0.230 e. The zero-order valence-corrected chi connectivity index (χ0v) is 30.3. The van der Waals surface area contributed by atoms with Gasteiger partial charge < -0.3 is 29.8 Å². The highest BCUT2D eigenvalue weighted by molar-refractivity contribution is 6.22. The molecule has 0 amide bonds. The van der Waals surface area contributed by atoms with Crippen LogP contribution in [0.1, 0.15) is 101 Å². The number of aliphatic imine (C=N–C) groups is 1. The molecule has 0 saturated carbocycles. The van der Waals surface area contributed by atoms with E-state index in [1.165, 1.54) is 45.4 Å². The van der Waals surface area contributed by atoms with Crippen molar-refractivity contribution in [3.05, 3.63) is 107 Å². The van der Waals surface area contributed by atoms with Gasteiger partial charge in [0.2, 0.25) is 17.6 Å². The molecule has 0 bridgehead atoms. The number of aromatic hydroxyl groups is 2. The van der Waals surface area contributed by atoms with E-state index < -0.39 is 17.6 Å². The number of aromatic nitrogens is 2. The summed E-state index contributed by atoms with van der Waals surface area (Å²) >= 11 is 0. The maximum atomic E-state index is 12.6. The minimum atomic E-state index is -0.484. The summed E-state index contributed by atoms with van der Waals surface area (Å²) in [5.41, 5.74) is 9.54. The fourth-order valence-corrected chi connectivity index (χ4v) is 5.20. The minimum Gasteiger partial charge on any atom is -0.494 e. The molecule has 4 aromatic heterocycles. The highest BCUT2D eigenvalue weighted by Crippen LogP contribution is 2.34. The van der Waals surface area contributed by atoms with Crippen molar-refractivity contribution in [3.8, 4) is 11.8 Å². The van der Waals surface area contributed by atoms with Crippen LogP contribution >= 0.6 is 0 Å². The van der Waals surface area contributed by atoms with Crippen molar-refractivity contribution in [2.75, 3.05) is 13.1 Å². The van der Waals surface area contributed by atoms with Crippen LogP contribution in [0.15, 0.2) is 87.4 Å². The Bertz CT molecular complexity index is 2230. The number of hydrogen-bond donors (Lipinski definition) is 4. The number of benzene rings is 2. The predicted molar refractivity (Wildman–Crippen MR) is 200 cm³/mol. The van der Waals surface area contributed by atoms with Crippen LogP contribution in [0.25, 0.3) is 21.8 Å². The third kappa shape index (κ3) is 8.64.